The topological polar surface area (TPSA) is 0 Å². The fraction of sp³-hybridized carbons (Fsp3) is 0.333. The van der Waals surface area contributed by atoms with Crippen molar-refractivity contribution in [1.29, 1.82) is 0 Å². The second-order valence-corrected chi connectivity index (χ2v) is 2.75. The Hall–Kier alpha value is -0.370. The van der Waals surface area contributed by atoms with Gasteiger partial charge in [0, 0.05) is 4.47 Å². The molecule has 0 aromatic heterocycles. The SMILES string of the molecule is CC.Cc1cc(F)ccc1Br. The molecule has 62 valence electrons. The van der Waals surface area contributed by atoms with Crippen LogP contribution in [0.3, 0.4) is 0 Å². The molecule has 0 spiro atoms. The number of aryl methyl sites for hydroxylation is 1. The van der Waals surface area contributed by atoms with Crippen LogP contribution in [-0.2, 0) is 0 Å². The molecular weight excluding hydrogens is 207 g/mol. The van der Waals surface area contributed by atoms with Crippen LogP contribution in [-0.4, -0.2) is 0 Å². The molecule has 0 bridgehead atoms. The van der Waals surface area contributed by atoms with Crippen molar-refractivity contribution in [1.82, 2.24) is 0 Å². The molecule has 0 atom stereocenters. The van der Waals surface area contributed by atoms with E-state index in [-0.39, 0.29) is 5.82 Å². The third-order valence-corrected chi connectivity index (χ3v) is 2.01. The molecule has 0 saturated carbocycles. The molecule has 0 radical (unpaired) electrons. The standard InChI is InChI=1S/C7H6BrF.C2H6/c1-5-4-6(9)2-3-7(5)8;1-2/h2-4H,1H3;1-2H3. The maximum Gasteiger partial charge on any atom is 0.123 e. The van der Waals surface area contributed by atoms with Crippen molar-refractivity contribution < 1.29 is 4.39 Å². The van der Waals surface area contributed by atoms with Crippen molar-refractivity contribution in [3.63, 3.8) is 0 Å². The minimum Gasteiger partial charge on any atom is -0.207 e. The summed E-state index contributed by atoms with van der Waals surface area (Å²) >= 11 is 3.26. The fourth-order valence-electron chi connectivity index (χ4n) is 0.608. The Morgan fingerprint density at radius 3 is 2.18 bits per heavy atom. The first kappa shape index (κ1) is 10.6. The van der Waals surface area contributed by atoms with E-state index in [9.17, 15) is 4.39 Å². The molecular formula is C9H12BrF. The highest BCUT2D eigenvalue weighted by molar-refractivity contribution is 9.10. The lowest BCUT2D eigenvalue weighted by Crippen LogP contribution is -1.76. The van der Waals surface area contributed by atoms with E-state index in [0.717, 1.165) is 10.0 Å². The van der Waals surface area contributed by atoms with Gasteiger partial charge in [-0.2, -0.15) is 0 Å². The van der Waals surface area contributed by atoms with Gasteiger partial charge in [0.2, 0.25) is 0 Å². The van der Waals surface area contributed by atoms with Crippen LogP contribution in [0, 0.1) is 12.7 Å². The molecule has 1 rings (SSSR count). The zero-order chi connectivity index (χ0) is 8.85. The van der Waals surface area contributed by atoms with E-state index in [2.05, 4.69) is 15.9 Å². The average Bonchev–Trinajstić information content (AvgIpc) is 2.02. The predicted molar refractivity (Wildman–Crippen MR) is 50.2 cm³/mol. The van der Waals surface area contributed by atoms with E-state index in [1.54, 1.807) is 6.07 Å². The fourth-order valence-corrected chi connectivity index (χ4v) is 0.855. The van der Waals surface area contributed by atoms with E-state index in [4.69, 9.17) is 0 Å². The highest BCUT2D eigenvalue weighted by atomic mass is 79.9. The number of hydrogen-bond acceptors (Lipinski definition) is 0. The van der Waals surface area contributed by atoms with E-state index >= 15 is 0 Å². The van der Waals surface area contributed by atoms with Gasteiger partial charge in [0.1, 0.15) is 5.82 Å². The molecule has 0 aliphatic heterocycles. The number of hydrogen-bond donors (Lipinski definition) is 0. The lowest BCUT2D eigenvalue weighted by atomic mass is 10.2. The molecule has 1 aromatic carbocycles. The van der Waals surface area contributed by atoms with Crippen LogP contribution in [0.25, 0.3) is 0 Å². The van der Waals surface area contributed by atoms with Crippen molar-refractivity contribution >= 4 is 15.9 Å². The third kappa shape index (κ3) is 3.51. The number of benzene rings is 1. The lowest BCUT2D eigenvalue weighted by Gasteiger charge is -1.94. The molecule has 0 saturated heterocycles. The normalized spacial score (nSPS) is 8.45. The maximum atomic E-state index is 12.3. The second kappa shape index (κ2) is 5.30. The first-order valence-electron chi connectivity index (χ1n) is 3.62. The monoisotopic (exact) mass is 218 g/mol. The molecule has 0 heterocycles. The summed E-state index contributed by atoms with van der Waals surface area (Å²) in [7, 11) is 0. The number of halogens is 2. The quantitative estimate of drug-likeness (QED) is 0.620. The minimum absolute atomic E-state index is 0.185. The van der Waals surface area contributed by atoms with E-state index < -0.39 is 0 Å². The molecule has 2 heteroatoms. The van der Waals surface area contributed by atoms with Gasteiger partial charge in [0.25, 0.3) is 0 Å². The van der Waals surface area contributed by atoms with Crippen LogP contribution in [0.4, 0.5) is 4.39 Å². The van der Waals surface area contributed by atoms with Gasteiger partial charge >= 0.3 is 0 Å². The summed E-state index contributed by atoms with van der Waals surface area (Å²) in [5.74, 6) is -0.185. The zero-order valence-corrected chi connectivity index (χ0v) is 8.57. The first-order chi connectivity index (χ1) is 5.20. The predicted octanol–water partition coefficient (Wildman–Crippen LogP) is 3.92. The molecule has 0 amide bonds. The Kier molecular flexibility index (Phi) is 5.12. The number of rotatable bonds is 0. The highest BCUT2D eigenvalue weighted by Gasteiger charge is 1.93. The summed E-state index contributed by atoms with van der Waals surface area (Å²) in [5, 5.41) is 0. The summed E-state index contributed by atoms with van der Waals surface area (Å²) in [6.07, 6.45) is 0. The van der Waals surface area contributed by atoms with E-state index in [1.165, 1.54) is 12.1 Å². The Bertz CT molecular complexity index is 221. The summed E-state index contributed by atoms with van der Waals surface area (Å²) in [4.78, 5) is 0. The Morgan fingerprint density at radius 1 is 1.27 bits per heavy atom. The molecule has 11 heavy (non-hydrogen) atoms. The van der Waals surface area contributed by atoms with Crippen LogP contribution < -0.4 is 0 Å². The molecule has 0 unspecified atom stereocenters. The molecule has 0 N–H and O–H groups in total. The van der Waals surface area contributed by atoms with Crippen molar-refractivity contribution in [2.75, 3.05) is 0 Å². The van der Waals surface area contributed by atoms with Crippen LogP contribution in [0.1, 0.15) is 19.4 Å². The molecule has 0 fully saturated rings. The average molecular weight is 219 g/mol. The maximum absolute atomic E-state index is 12.3. The zero-order valence-electron chi connectivity index (χ0n) is 6.99. The third-order valence-electron chi connectivity index (χ3n) is 1.12. The van der Waals surface area contributed by atoms with Gasteiger partial charge in [0.05, 0.1) is 0 Å². The molecule has 0 nitrogen and oxygen atoms in total. The molecule has 0 aliphatic rings. The summed E-state index contributed by atoms with van der Waals surface area (Å²) in [5.41, 5.74) is 0.926. The van der Waals surface area contributed by atoms with Crippen molar-refractivity contribution in [3.8, 4) is 0 Å². The van der Waals surface area contributed by atoms with Crippen LogP contribution in [0.15, 0.2) is 22.7 Å². The van der Waals surface area contributed by atoms with Gasteiger partial charge in [-0.1, -0.05) is 29.8 Å². The molecule has 0 aliphatic carbocycles. The summed E-state index contributed by atoms with van der Waals surface area (Å²) in [6, 6.07) is 4.62. The lowest BCUT2D eigenvalue weighted by molar-refractivity contribution is 0.626. The van der Waals surface area contributed by atoms with Crippen LogP contribution in [0.2, 0.25) is 0 Å². The van der Waals surface area contributed by atoms with Crippen molar-refractivity contribution in [3.05, 3.63) is 34.1 Å². The van der Waals surface area contributed by atoms with Gasteiger partial charge in [-0.05, 0) is 30.7 Å². The van der Waals surface area contributed by atoms with Gasteiger partial charge < -0.3 is 0 Å². The van der Waals surface area contributed by atoms with Gasteiger partial charge in [-0.25, -0.2) is 4.39 Å². The van der Waals surface area contributed by atoms with Crippen molar-refractivity contribution in [2.45, 2.75) is 20.8 Å². The largest absolute Gasteiger partial charge is 0.207 e. The first-order valence-corrected chi connectivity index (χ1v) is 4.41. The van der Waals surface area contributed by atoms with Crippen LogP contribution >= 0.6 is 15.9 Å². The van der Waals surface area contributed by atoms with Gasteiger partial charge in [-0.3, -0.25) is 0 Å². The van der Waals surface area contributed by atoms with Crippen molar-refractivity contribution in [2.24, 2.45) is 0 Å². The Balaban J connectivity index is 0.000000461. The van der Waals surface area contributed by atoms with E-state index in [1.807, 2.05) is 20.8 Å². The Labute approximate surface area is 75.6 Å². The smallest absolute Gasteiger partial charge is 0.123 e. The summed E-state index contributed by atoms with van der Waals surface area (Å²) in [6.45, 7) is 5.85. The van der Waals surface area contributed by atoms with Crippen LogP contribution in [0.5, 0.6) is 0 Å². The molecule has 1 aromatic rings. The Morgan fingerprint density at radius 2 is 1.82 bits per heavy atom. The summed E-state index contributed by atoms with van der Waals surface area (Å²) < 4.78 is 13.3. The van der Waals surface area contributed by atoms with Gasteiger partial charge in [0.15, 0.2) is 0 Å². The minimum atomic E-state index is -0.185. The van der Waals surface area contributed by atoms with Gasteiger partial charge in [-0.15, -0.1) is 0 Å². The highest BCUT2D eigenvalue weighted by Crippen LogP contribution is 2.15. The van der Waals surface area contributed by atoms with E-state index in [0.29, 0.717) is 0 Å². The second-order valence-electron chi connectivity index (χ2n) is 1.89.